The summed E-state index contributed by atoms with van der Waals surface area (Å²) in [5, 5.41) is 0. The fourth-order valence-electron chi connectivity index (χ4n) is 5.59. The van der Waals surface area contributed by atoms with E-state index in [1.807, 2.05) is 0 Å². The summed E-state index contributed by atoms with van der Waals surface area (Å²) in [6.07, 6.45) is 5.44. The molecule has 0 spiro atoms. The van der Waals surface area contributed by atoms with Crippen molar-refractivity contribution < 1.29 is 82.7 Å². The average Bonchev–Trinajstić information content (AvgIpc) is 3.28. The number of carbonyl (C=O) groups is 4. The zero-order chi connectivity index (χ0) is 47.1. The number of hydrogen-bond donors (Lipinski definition) is 0. The first kappa shape index (κ1) is 49.9. The largest absolute Gasteiger partial charge is 0.494 e. The Hall–Kier alpha value is -6.72. The van der Waals surface area contributed by atoms with Crippen LogP contribution in [0.3, 0.4) is 0 Å². The van der Waals surface area contributed by atoms with Crippen molar-refractivity contribution in [3.05, 3.63) is 130 Å². The third kappa shape index (κ3) is 13.2. The first-order valence-corrected chi connectivity index (χ1v) is 19.7. The van der Waals surface area contributed by atoms with E-state index in [0.29, 0.717) is 36.8 Å². The van der Waals surface area contributed by atoms with Crippen molar-refractivity contribution in [1.29, 1.82) is 0 Å². The molecular formula is C46H42F8O10. The second-order valence-electron chi connectivity index (χ2n) is 14.1. The molecule has 0 unspecified atom stereocenters. The smallest absolute Gasteiger partial charge is 0.343 e. The third-order valence-corrected chi connectivity index (χ3v) is 9.04. The molecule has 64 heavy (non-hydrogen) atoms. The molecule has 0 aliphatic carbocycles. The molecule has 0 N–H and O–H groups in total. The van der Waals surface area contributed by atoms with Gasteiger partial charge in [0.15, 0.2) is 23.3 Å². The standard InChI is InChI=1S/C46H42F8O10/c1-25(2)43(55)61-23-11-7-5-9-21-59-29-17-13-27(14-18-29)45(57)63-41-37(51)33(47)31(34(48)38(41)52)32-35(49)39(53)42(40(54)36(32)50)64-46(58)28-15-19-30(20-16-28)60-22-10-6-8-12-24-62-44(56)26(3)4/h13-20H,1,3,5-12,21-24H2,2,4H3. The number of unbranched alkanes of at least 4 members (excludes halogenated alkanes) is 6. The second kappa shape index (κ2) is 23.6. The maximum absolute atomic E-state index is 15.3. The summed E-state index contributed by atoms with van der Waals surface area (Å²) < 4.78 is 152. The van der Waals surface area contributed by atoms with E-state index in [2.05, 4.69) is 22.6 Å². The number of hydrogen-bond acceptors (Lipinski definition) is 10. The van der Waals surface area contributed by atoms with Crippen LogP contribution in [0.5, 0.6) is 23.0 Å². The van der Waals surface area contributed by atoms with Gasteiger partial charge in [0, 0.05) is 11.1 Å². The van der Waals surface area contributed by atoms with E-state index in [1.54, 1.807) is 0 Å². The number of benzene rings is 4. The Bertz CT molecular complexity index is 2140. The Morgan fingerprint density at radius 1 is 0.422 bits per heavy atom. The lowest BCUT2D eigenvalue weighted by Gasteiger charge is -2.16. The molecule has 0 aromatic heterocycles. The van der Waals surface area contributed by atoms with Crippen LogP contribution in [0, 0.1) is 46.5 Å². The Kier molecular flexibility index (Phi) is 18.4. The van der Waals surface area contributed by atoms with E-state index >= 15 is 35.1 Å². The lowest BCUT2D eigenvalue weighted by molar-refractivity contribution is -0.139. The zero-order valence-electron chi connectivity index (χ0n) is 34.6. The van der Waals surface area contributed by atoms with Crippen LogP contribution in [0.1, 0.15) is 85.9 Å². The summed E-state index contributed by atoms with van der Waals surface area (Å²) in [5.41, 5.74) is -4.65. The highest BCUT2D eigenvalue weighted by Crippen LogP contribution is 2.42. The molecule has 0 heterocycles. The summed E-state index contributed by atoms with van der Waals surface area (Å²) in [5.74, 6) is -27.7. The first-order chi connectivity index (χ1) is 30.4. The molecule has 4 aromatic carbocycles. The van der Waals surface area contributed by atoms with Crippen molar-refractivity contribution in [3.63, 3.8) is 0 Å². The normalized spacial score (nSPS) is 10.8. The quantitative estimate of drug-likeness (QED) is 0.0177. The first-order valence-electron chi connectivity index (χ1n) is 19.7. The van der Waals surface area contributed by atoms with Crippen LogP contribution in [0.15, 0.2) is 72.8 Å². The average molecular weight is 907 g/mol. The van der Waals surface area contributed by atoms with Gasteiger partial charge < -0.3 is 28.4 Å². The van der Waals surface area contributed by atoms with Gasteiger partial charge in [-0.05, 0) is 114 Å². The van der Waals surface area contributed by atoms with E-state index in [0.717, 1.165) is 49.9 Å². The van der Waals surface area contributed by atoms with Gasteiger partial charge in [-0.25, -0.2) is 36.7 Å². The molecule has 342 valence electrons. The van der Waals surface area contributed by atoms with Crippen molar-refractivity contribution in [2.45, 2.75) is 65.2 Å². The van der Waals surface area contributed by atoms with Crippen LogP contribution in [0.25, 0.3) is 11.1 Å². The Labute approximate surface area is 362 Å². The minimum atomic E-state index is -2.59. The van der Waals surface area contributed by atoms with Crippen molar-refractivity contribution in [1.82, 2.24) is 0 Å². The second-order valence-corrected chi connectivity index (χ2v) is 14.1. The van der Waals surface area contributed by atoms with Crippen molar-refractivity contribution in [2.24, 2.45) is 0 Å². The van der Waals surface area contributed by atoms with Crippen LogP contribution < -0.4 is 18.9 Å². The molecular weight excluding hydrogens is 864 g/mol. The highest BCUT2D eigenvalue weighted by atomic mass is 19.2. The molecule has 10 nitrogen and oxygen atoms in total. The predicted molar refractivity (Wildman–Crippen MR) is 214 cm³/mol. The summed E-state index contributed by atoms with van der Waals surface area (Å²) >= 11 is 0. The van der Waals surface area contributed by atoms with Crippen molar-refractivity contribution in [2.75, 3.05) is 26.4 Å². The maximum atomic E-state index is 15.3. The minimum Gasteiger partial charge on any atom is -0.494 e. The topological polar surface area (TPSA) is 124 Å². The third-order valence-electron chi connectivity index (χ3n) is 9.04. The van der Waals surface area contributed by atoms with E-state index in [4.69, 9.17) is 18.9 Å². The highest BCUT2D eigenvalue weighted by Gasteiger charge is 2.36. The van der Waals surface area contributed by atoms with Gasteiger partial charge in [-0.2, -0.15) is 17.6 Å². The monoisotopic (exact) mass is 906 g/mol. The van der Waals surface area contributed by atoms with E-state index in [1.165, 1.54) is 38.1 Å². The van der Waals surface area contributed by atoms with E-state index in [9.17, 15) is 19.2 Å². The Balaban J connectivity index is 1.36. The molecule has 0 bridgehead atoms. The molecule has 0 amide bonds. The lowest BCUT2D eigenvalue weighted by Crippen LogP contribution is -2.15. The molecule has 0 atom stereocenters. The zero-order valence-corrected chi connectivity index (χ0v) is 34.6. The highest BCUT2D eigenvalue weighted by molar-refractivity contribution is 5.92. The van der Waals surface area contributed by atoms with E-state index < -0.39 is 93.0 Å². The van der Waals surface area contributed by atoms with E-state index in [-0.39, 0.29) is 49.1 Å². The van der Waals surface area contributed by atoms with Gasteiger partial charge in [-0.1, -0.05) is 13.2 Å². The fraction of sp³-hybridized carbons (Fsp3) is 0.304. The van der Waals surface area contributed by atoms with Crippen LogP contribution in [-0.4, -0.2) is 50.3 Å². The molecule has 18 heteroatoms. The van der Waals surface area contributed by atoms with Crippen LogP contribution in [0.2, 0.25) is 0 Å². The summed E-state index contributed by atoms with van der Waals surface area (Å²) in [7, 11) is 0. The number of esters is 4. The molecule has 0 radical (unpaired) electrons. The van der Waals surface area contributed by atoms with Crippen molar-refractivity contribution in [3.8, 4) is 34.1 Å². The van der Waals surface area contributed by atoms with Gasteiger partial charge in [0.1, 0.15) is 11.5 Å². The molecule has 4 rings (SSSR count). The summed E-state index contributed by atoms with van der Waals surface area (Å²) in [6.45, 7) is 11.1. The van der Waals surface area contributed by atoms with Gasteiger partial charge in [0.25, 0.3) is 0 Å². The summed E-state index contributed by atoms with van der Waals surface area (Å²) in [4.78, 5) is 48.1. The van der Waals surface area contributed by atoms with Crippen LogP contribution >= 0.6 is 0 Å². The number of carbonyl (C=O) groups excluding carboxylic acids is 4. The Morgan fingerprint density at radius 3 is 0.984 bits per heavy atom. The van der Waals surface area contributed by atoms with Crippen molar-refractivity contribution >= 4 is 23.9 Å². The molecule has 4 aromatic rings. The predicted octanol–water partition coefficient (Wildman–Crippen LogP) is 11.0. The number of ether oxygens (including phenoxy) is 6. The molecule has 0 saturated heterocycles. The minimum absolute atomic E-state index is 0.243. The molecule has 0 fully saturated rings. The summed E-state index contributed by atoms with van der Waals surface area (Å²) in [6, 6.07) is 9.54. The maximum Gasteiger partial charge on any atom is 0.343 e. The molecule has 0 saturated carbocycles. The Morgan fingerprint density at radius 2 is 0.703 bits per heavy atom. The van der Waals surface area contributed by atoms with Gasteiger partial charge in [0.2, 0.25) is 34.8 Å². The van der Waals surface area contributed by atoms with Gasteiger partial charge in [-0.3, -0.25) is 0 Å². The van der Waals surface area contributed by atoms with Gasteiger partial charge >= 0.3 is 23.9 Å². The number of rotatable bonds is 23. The van der Waals surface area contributed by atoms with Gasteiger partial charge in [0.05, 0.1) is 48.7 Å². The fourth-order valence-corrected chi connectivity index (χ4v) is 5.59. The lowest BCUT2D eigenvalue weighted by atomic mass is 10.0. The van der Waals surface area contributed by atoms with Gasteiger partial charge in [-0.15, -0.1) is 0 Å². The molecule has 0 aliphatic heterocycles. The van der Waals surface area contributed by atoms with Crippen LogP contribution in [0.4, 0.5) is 35.1 Å². The SMILES string of the molecule is C=C(C)C(=O)OCCCCCCOc1ccc(C(=O)Oc2c(F)c(F)c(-c3c(F)c(F)c(OC(=O)c4ccc(OCCCCCCOC(=O)C(=C)C)cc4)c(F)c3F)c(F)c2F)cc1. The molecule has 0 aliphatic rings. The number of halogens is 8. The van der Waals surface area contributed by atoms with Crippen LogP contribution in [-0.2, 0) is 19.1 Å².